The standard InChI is InChI=1S/C13H20N4O2S/c1-9(2)11-10(20-15-14-11)6-17-5-4-13(8-17)7-16(3)12(18)19-13/h9H,4-8H2,1-3H3/t13-/m0/s1. The molecule has 0 aliphatic carbocycles. The minimum Gasteiger partial charge on any atom is -0.439 e. The summed E-state index contributed by atoms with van der Waals surface area (Å²) in [4.78, 5) is 16.8. The molecule has 3 rings (SSSR count). The van der Waals surface area contributed by atoms with Crippen LogP contribution in [0.3, 0.4) is 0 Å². The zero-order chi connectivity index (χ0) is 14.3. The highest BCUT2D eigenvalue weighted by atomic mass is 32.1. The number of nitrogens with zero attached hydrogens (tertiary/aromatic N) is 4. The van der Waals surface area contributed by atoms with Gasteiger partial charge in [-0.25, -0.2) is 4.79 Å². The van der Waals surface area contributed by atoms with Crippen LogP contribution in [0, 0.1) is 0 Å². The summed E-state index contributed by atoms with van der Waals surface area (Å²) in [5, 5.41) is 4.22. The van der Waals surface area contributed by atoms with Gasteiger partial charge in [0.15, 0.2) is 0 Å². The Morgan fingerprint density at radius 1 is 1.45 bits per heavy atom. The third-order valence-corrected chi connectivity index (χ3v) is 4.76. The number of amides is 1. The van der Waals surface area contributed by atoms with Crippen LogP contribution in [-0.2, 0) is 11.3 Å². The normalized spacial score (nSPS) is 27.0. The molecule has 0 radical (unpaired) electrons. The minimum absolute atomic E-state index is 0.200. The lowest BCUT2D eigenvalue weighted by Crippen LogP contribution is -2.37. The Balaban J connectivity index is 1.66. The fraction of sp³-hybridized carbons (Fsp3) is 0.769. The van der Waals surface area contributed by atoms with Gasteiger partial charge in [0.2, 0.25) is 0 Å². The molecule has 2 saturated heterocycles. The van der Waals surface area contributed by atoms with Crippen LogP contribution >= 0.6 is 11.5 Å². The van der Waals surface area contributed by atoms with Crippen molar-refractivity contribution in [1.29, 1.82) is 0 Å². The molecule has 3 heterocycles. The predicted molar refractivity (Wildman–Crippen MR) is 75.7 cm³/mol. The summed E-state index contributed by atoms with van der Waals surface area (Å²) in [6, 6.07) is 0. The van der Waals surface area contributed by atoms with Crippen LogP contribution in [0.2, 0.25) is 0 Å². The highest BCUT2D eigenvalue weighted by Crippen LogP contribution is 2.33. The van der Waals surface area contributed by atoms with Gasteiger partial charge in [-0.15, -0.1) is 5.10 Å². The molecule has 7 heteroatoms. The van der Waals surface area contributed by atoms with Gasteiger partial charge < -0.3 is 9.64 Å². The lowest BCUT2D eigenvalue weighted by Gasteiger charge is -2.21. The van der Waals surface area contributed by atoms with Gasteiger partial charge in [-0.1, -0.05) is 18.3 Å². The number of likely N-dealkylation sites (N-methyl/N-ethyl adjacent to an activating group) is 1. The van der Waals surface area contributed by atoms with Gasteiger partial charge in [-0.3, -0.25) is 4.90 Å². The summed E-state index contributed by atoms with van der Waals surface area (Å²) >= 11 is 1.48. The first-order valence-corrected chi connectivity index (χ1v) is 7.74. The average Bonchev–Trinajstić information content (AvgIpc) is 3.03. The molecule has 0 aromatic carbocycles. The zero-order valence-electron chi connectivity index (χ0n) is 12.1. The van der Waals surface area contributed by atoms with E-state index >= 15 is 0 Å². The van der Waals surface area contributed by atoms with Crippen LogP contribution in [0.25, 0.3) is 0 Å². The largest absolute Gasteiger partial charge is 0.439 e. The molecule has 2 aliphatic heterocycles. The third-order valence-electron chi connectivity index (χ3n) is 4.04. The molecule has 0 bridgehead atoms. The van der Waals surface area contributed by atoms with E-state index in [-0.39, 0.29) is 11.7 Å². The van der Waals surface area contributed by atoms with E-state index in [0.717, 1.165) is 31.7 Å². The summed E-state index contributed by atoms with van der Waals surface area (Å²) in [5.74, 6) is 0.399. The molecule has 0 N–H and O–H groups in total. The summed E-state index contributed by atoms with van der Waals surface area (Å²) in [6.45, 7) is 7.59. The Morgan fingerprint density at radius 3 is 2.90 bits per heavy atom. The summed E-state index contributed by atoms with van der Waals surface area (Å²) in [5.41, 5.74) is 0.790. The van der Waals surface area contributed by atoms with Crippen molar-refractivity contribution in [2.75, 3.05) is 26.7 Å². The molecule has 1 aromatic rings. The van der Waals surface area contributed by atoms with E-state index in [1.165, 1.54) is 16.4 Å². The molecule has 6 nitrogen and oxygen atoms in total. The van der Waals surface area contributed by atoms with Crippen LogP contribution in [-0.4, -0.2) is 57.8 Å². The maximum absolute atomic E-state index is 11.6. The van der Waals surface area contributed by atoms with E-state index in [0.29, 0.717) is 12.5 Å². The quantitative estimate of drug-likeness (QED) is 0.849. The number of aromatic nitrogens is 2. The number of rotatable bonds is 3. The number of hydrogen-bond acceptors (Lipinski definition) is 6. The van der Waals surface area contributed by atoms with Crippen LogP contribution in [0.1, 0.15) is 36.8 Å². The Labute approximate surface area is 122 Å². The molecule has 2 aliphatic rings. The predicted octanol–water partition coefficient (Wildman–Crippen LogP) is 1.69. The molecule has 110 valence electrons. The maximum Gasteiger partial charge on any atom is 0.410 e. The van der Waals surface area contributed by atoms with E-state index in [1.807, 2.05) is 0 Å². The van der Waals surface area contributed by atoms with Crippen molar-refractivity contribution in [1.82, 2.24) is 19.4 Å². The minimum atomic E-state index is -0.304. The Morgan fingerprint density at radius 2 is 2.25 bits per heavy atom. The van der Waals surface area contributed by atoms with Crippen LogP contribution < -0.4 is 0 Å². The molecule has 1 atom stereocenters. The lowest BCUT2D eigenvalue weighted by molar-refractivity contribution is 0.0628. The van der Waals surface area contributed by atoms with E-state index in [4.69, 9.17) is 4.74 Å². The van der Waals surface area contributed by atoms with Crippen molar-refractivity contribution in [3.8, 4) is 0 Å². The Bertz CT molecular complexity index is 518. The van der Waals surface area contributed by atoms with Crippen molar-refractivity contribution in [2.24, 2.45) is 0 Å². The van der Waals surface area contributed by atoms with Crippen molar-refractivity contribution in [2.45, 2.75) is 38.3 Å². The second kappa shape index (κ2) is 4.96. The molecule has 0 saturated carbocycles. The molecule has 1 spiro atoms. The Kier molecular flexibility index (Phi) is 3.41. The van der Waals surface area contributed by atoms with Crippen molar-refractivity contribution >= 4 is 17.6 Å². The van der Waals surface area contributed by atoms with Gasteiger partial charge in [-0.2, -0.15) is 0 Å². The first kappa shape index (κ1) is 13.8. The monoisotopic (exact) mass is 296 g/mol. The second-order valence-corrected chi connectivity index (χ2v) is 6.94. The van der Waals surface area contributed by atoms with Gasteiger partial charge >= 0.3 is 6.09 Å². The van der Waals surface area contributed by atoms with Crippen molar-refractivity contribution in [3.05, 3.63) is 10.6 Å². The van der Waals surface area contributed by atoms with E-state index in [2.05, 4.69) is 28.3 Å². The first-order valence-electron chi connectivity index (χ1n) is 6.97. The van der Waals surface area contributed by atoms with Gasteiger partial charge in [0.1, 0.15) is 5.60 Å². The van der Waals surface area contributed by atoms with Gasteiger partial charge in [0.25, 0.3) is 0 Å². The van der Waals surface area contributed by atoms with Crippen molar-refractivity contribution in [3.63, 3.8) is 0 Å². The van der Waals surface area contributed by atoms with E-state index in [9.17, 15) is 4.79 Å². The van der Waals surface area contributed by atoms with Crippen molar-refractivity contribution < 1.29 is 9.53 Å². The second-order valence-electron chi connectivity index (χ2n) is 6.10. The average molecular weight is 296 g/mol. The fourth-order valence-corrected chi connectivity index (χ4v) is 3.87. The number of ether oxygens (including phenoxy) is 1. The molecule has 0 unspecified atom stereocenters. The highest BCUT2D eigenvalue weighted by Gasteiger charge is 2.48. The van der Waals surface area contributed by atoms with Crippen LogP contribution in [0.4, 0.5) is 4.79 Å². The molecular formula is C13H20N4O2S. The fourth-order valence-electron chi connectivity index (χ4n) is 3.03. The van der Waals surface area contributed by atoms with Crippen LogP contribution in [0.15, 0.2) is 0 Å². The molecule has 1 aromatic heterocycles. The summed E-state index contributed by atoms with van der Waals surface area (Å²) in [6.07, 6.45) is 0.709. The van der Waals surface area contributed by atoms with Gasteiger partial charge in [0.05, 0.1) is 17.1 Å². The third kappa shape index (κ3) is 2.40. The summed E-state index contributed by atoms with van der Waals surface area (Å²) < 4.78 is 9.64. The topological polar surface area (TPSA) is 58.6 Å². The first-order chi connectivity index (χ1) is 9.49. The number of likely N-dealkylation sites (tertiary alicyclic amines) is 1. The zero-order valence-corrected chi connectivity index (χ0v) is 12.9. The molecule has 20 heavy (non-hydrogen) atoms. The smallest absolute Gasteiger partial charge is 0.410 e. The molecule has 1 amide bonds. The lowest BCUT2D eigenvalue weighted by atomic mass is 10.0. The number of carbonyl (C=O) groups excluding carboxylic acids is 1. The molecule has 2 fully saturated rings. The van der Waals surface area contributed by atoms with Gasteiger partial charge in [0, 0.05) is 33.1 Å². The SMILES string of the molecule is CC(C)c1nnsc1CN1CC[C@@]2(C1)CN(C)C(=O)O2. The Hall–Kier alpha value is -1.21. The summed E-state index contributed by atoms with van der Waals surface area (Å²) in [7, 11) is 1.80. The van der Waals surface area contributed by atoms with Gasteiger partial charge in [-0.05, 0) is 17.5 Å². The van der Waals surface area contributed by atoms with Crippen LogP contribution in [0.5, 0.6) is 0 Å². The highest BCUT2D eigenvalue weighted by molar-refractivity contribution is 7.05. The number of carbonyl (C=O) groups is 1. The maximum atomic E-state index is 11.6. The van der Waals surface area contributed by atoms with E-state index in [1.54, 1.807) is 11.9 Å². The number of hydrogen-bond donors (Lipinski definition) is 0. The van der Waals surface area contributed by atoms with E-state index < -0.39 is 0 Å². The molecular weight excluding hydrogens is 276 g/mol.